The number of hydrogen-bond donors (Lipinski definition) is 1. The predicted molar refractivity (Wildman–Crippen MR) is 98.2 cm³/mol. The number of nitrogens with two attached hydrogens (primary N) is 1. The number of anilines is 1. The van der Waals surface area contributed by atoms with E-state index in [1.807, 2.05) is 36.5 Å². The molecule has 0 aliphatic rings. The van der Waals surface area contributed by atoms with Crippen molar-refractivity contribution in [3.63, 3.8) is 0 Å². The Morgan fingerprint density at radius 2 is 1.52 bits per heavy atom. The molecule has 0 saturated heterocycles. The molecule has 0 saturated carbocycles. The summed E-state index contributed by atoms with van der Waals surface area (Å²) in [6, 6.07) is 20.6. The molecule has 0 aliphatic heterocycles. The maximum absolute atomic E-state index is 6.47. The quantitative estimate of drug-likeness (QED) is 0.653. The molecule has 1 heterocycles. The van der Waals surface area contributed by atoms with E-state index < -0.39 is 0 Å². The summed E-state index contributed by atoms with van der Waals surface area (Å²) in [5, 5.41) is 0. The highest BCUT2D eigenvalue weighted by Crippen LogP contribution is 2.35. The van der Waals surface area contributed by atoms with E-state index in [0.717, 1.165) is 28.1 Å². The van der Waals surface area contributed by atoms with E-state index in [2.05, 4.69) is 56.1 Å². The molecule has 0 unspecified atom stereocenters. The summed E-state index contributed by atoms with van der Waals surface area (Å²) in [4.78, 5) is 4.54. The SMILES string of the molecule is CC(C)(C)c1ccnc(-c2cccc(-c3ccccc3)c2N)c1. The molecule has 2 nitrogen and oxygen atoms in total. The highest BCUT2D eigenvalue weighted by Gasteiger charge is 2.16. The van der Waals surface area contributed by atoms with Crippen LogP contribution in [0.5, 0.6) is 0 Å². The highest BCUT2D eigenvalue weighted by molar-refractivity contribution is 5.87. The highest BCUT2D eigenvalue weighted by atomic mass is 14.7. The second-order valence-corrected chi connectivity index (χ2v) is 6.81. The van der Waals surface area contributed by atoms with Gasteiger partial charge in [-0.2, -0.15) is 0 Å². The summed E-state index contributed by atoms with van der Waals surface area (Å²) in [6.45, 7) is 6.61. The van der Waals surface area contributed by atoms with Crippen molar-refractivity contribution in [2.24, 2.45) is 0 Å². The molecule has 0 atom stereocenters. The average Bonchev–Trinajstić information content (AvgIpc) is 2.55. The Morgan fingerprint density at radius 1 is 0.826 bits per heavy atom. The Kier molecular flexibility index (Phi) is 3.91. The van der Waals surface area contributed by atoms with E-state index in [-0.39, 0.29) is 5.41 Å². The second kappa shape index (κ2) is 5.88. The lowest BCUT2D eigenvalue weighted by molar-refractivity contribution is 0.589. The largest absolute Gasteiger partial charge is 0.398 e. The number of aromatic nitrogens is 1. The number of benzene rings is 2. The average molecular weight is 302 g/mol. The molecule has 2 heteroatoms. The molecule has 0 fully saturated rings. The first-order chi connectivity index (χ1) is 11.0. The normalized spacial score (nSPS) is 11.4. The van der Waals surface area contributed by atoms with Crippen molar-refractivity contribution in [2.45, 2.75) is 26.2 Å². The summed E-state index contributed by atoms with van der Waals surface area (Å²) < 4.78 is 0. The summed E-state index contributed by atoms with van der Waals surface area (Å²) in [5.41, 5.74) is 12.7. The number of hydrogen-bond acceptors (Lipinski definition) is 2. The first-order valence-corrected chi connectivity index (χ1v) is 7.87. The van der Waals surface area contributed by atoms with Gasteiger partial charge in [0, 0.05) is 23.0 Å². The Bertz CT molecular complexity index is 815. The molecular formula is C21H22N2. The molecule has 0 bridgehead atoms. The van der Waals surface area contributed by atoms with E-state index in [1.165, 1.54) is 5.56 Å². The van der Waals surface area contributed by atoms with Crippen LogP contribution in [0.15, 0.2) is 66.9 Å². The van der Waals surface area contributed by atoms with Crippen LogP contribution in [0, 0.1) is 0 Å². The van der Waals surface area contributed by atoms with Crippen molar-refractivity contribution >= 4 is 5.69 Å². The van der Waals surface area contributed by atoms with Crippen LogP contribution < -0.4 is 5.73 Å². The Morgan fingerprint density at radius 3 is 2.22 bits per heavy atom. The number of pyridine rings is 1. The summed E-state index contributed by atoms with van der Waals surface area (Å²) in [6.07, 6.45) is 1.87. The molecular weight excluding hydrogens is 280 g/mol. The number of nitrogens with zero attached hydrogens (tertiary/aromatic N) is 1. The van der Waals surface area contributed by atoms with Gasteiger partial charge in [-0.05, 0) is 28.7 Å². The van der Waals surface area contributed by atoms with Crippen molar-refractivity contribution in [2.75, 3.05) is 5.73 Å². The van der Waals surface area contributed by atoms with Gasteiger partial charge in [0.1, 0.15) is 0 Å². The fourth-order valence-electron chi connectivity index (χ4n) is 2.70. The van der Waals surface area contributed by atoms with Gasteiger partial charge in [-0.1, -0.05) is 69.3 Å². The minimum atomic E-state index is 0.0868. The van der Waals surface area contributed by atoms with Gasteiger partial charge in [0.15, 0.2) is 0 Å². The van der Waals surface area contributed by atoms with Crippen molar-refractivity contribution in [1.82, 2.24) is 4.98 Å². The van der Waals surface area contributed by atoms with Crippen LogP contribution in [0.25, 0.3) is 22.4 Å². The van der Waals surface area contributed by atoms with Crippen molar-refractivity contribution < 1.29 is 0 Å². The molecule has 3 aromatic rings. The molecule has 2 aromatic carbocycles. The van der Waals surface area contributed by atoms with E-state index in [0.29, 0.717) is 0 Å². The minimum absolute atomic E-state index is 0.0868. The van der Waals surface area contributed by atoms with Gasteiger partial charge in [-0.25, -0.2) is 0 Å². The third-order valence-corrected chi connectivity index (χ3v) is 4.09. The smallest absolute Gasteiger partial charge is 0.0725 e. The Labute approximate surface area is 138 Å². The van der Waals surface area contributed by atoms with Gasteiger partial charge >= 0.3 is 0 Å². The maximum Gasteiger partial charge on any atom is 0.0725 e. The van der Waals surface area contributed by atoms with Crippen LogP contribution in [-0.4, -0.2) is 4.98 Å². The number of para-hydroxylation sites is 1. The van der Waals surface area contributed by atoms with Gasteiger partial charge in [-0.3, -0.25) is 4.98 Å². The van der Waals surface area contributed by atoms with Crippen LogP contribution in [-0.2, 0) is 5.41 Å². The van der Waals surface area contributed by atoms with E-state index in [1.54, 1.807) is 0 Å². The molecule has 0 amide bonds. The second-order valence-electron chi connectivity index (χ2n) is 6.81. The summed E-state index contributed by atoms with van der Waals surface area (Å²) >= 11 is 0. The lowest BCUT2D eigenvalue weighted by Crippen LogP contribution is -2.11. The van der Waals surface area contributed by atoms with Crippen LogP contribution in [0.2, 0.25) is 0 Å². The maximum atomic E-state index is 6.47. The fourth-order valence-corrected chi connectivity index (χ4v) is 2.70. The van der Waals surface area contributed by atoms with Gasteiger partial charge in [0.25, 0.3) is 0 Å². The van der Waals surface area contributed by atoms with Crippen molar-refractivity contribution in [1.29, 1.82) is 0 Å². The zero-order valence-corrected chi connectivity index (χ0v) is 13.9. The summed E-state index contributed by atoms with van der Waals surface area (Å²) in [7, 11) is 0. The zero-order chi connectivity index (χ0) is 16.4. The lowest BCUT2D eigenvalue weighted by Gasteiger charge is -2.20. The molecule has 1 aromatic heterocycles. The van der Waals surface area contributed by atoms with Crippen LogP contribution in [0.1, 0.15) is 26.3 Å². The van der Waals surface area contributed by atoms with Gasteiger partial charge in [-0.15, -0.1) is 0 Å². The molecule has 0 aliphatic carbocycles. The molecule has 0 spiro atoms. The molecule has 116 valence electrons. The molecule has 23 heavy (non-hydrogen) atoms. The molecule has 0 radical (unpaired) electrons. The monoisotopic (exact) mass is 302 g/mol. The standard InChI is InChI=1S/C21H22N2/c1-21(2,3)16-12-13-23-19(14-16)18-11-7-10-17(20(18)22)15-8-5-4-6-9-15/h4-14H,22H2,1-3H3. The van der Waals surface area contributed by atoms with Crippen molar-refractivity contribution in [3.05, 3.63) is 72.4 Å². The minimum Gasteiger partial charge on any atom is -0.398 e. The fraction of sp³-hybridized carbons (Fsp3) is 0.190. The first-order valence-electron chi connectivity index (χ1n) is 7.87. The van der Waals surface area contributed by atoms with Crippen molar-refractivity contribution in [3.8, 4) is 22.4 Å². The number of rotatable bonds is 2. The third-order valence-electron chi connectivity index (χ3n) is 4.09. The number of nitrogen functional groups attached to an aromatic ring is 1. The van der Waals surface area contributed by atoms with Crippen LogP contribution >= 0.6 is 0 Å². The van der Waals surface area contributed by atoms with Crippen LogP contribution in [0.4, 0.5) is 5.69 Å². The van der Waals surface area contributed by atoms with Crippen LogP contribution in [0.3, 0.4) is 0 Å². The van der Waals surface area contributed by atoms with Gasteiger partial charge < -0.3 is 5.73 Å². The summed E-state index contributed by atoms with van der Waals surface area (Å²) in [5.74, 6) is 0. The zero-order valence-electron chi connectivity index (χ0n) is 13.9. The first kappa shape index (κ1) is 15.3. The Hall–Kier alpha value is -2.61. The van der Waals surface area contributed by atoms with Gasteiger partial charge in [0.2, 0.25) is 0 Å². The van der Waals surface area contributed by atoms with Gasteiger partial charge in [0.05, 0.1) is 5.69 Å². The van der Waals surface area contributed by atoms with E-state index in [4.69, 9.17) is 5.73 Å². The third kappa shape index (κ3) is 3.11. The lowest BCUT2D eigenvalue weighted by atomic mass is 9.86. The predicted octanol–water partition coefficient (Wildman–Crippen LogP) is 5.30. The van der Waals surface area contributed by atoms with E-state index >= 15 is 0 Å². The van der Waals surface area contributed by atoms with E-state index in [9.17, 15) is 0 Å². The topological polar surface area (TPSA) is 38.9 Å². The molecule has 2 N–H and O–H groups in total. The molecule has 3 rings (SSSR count). The Balaban J connectivity index is 2.12.